The largest absolute Gasteiger partial charge is 0.480 e. The predicted molar refractivity (Wildman–Crippen MR) is 70.6 cm³/mol. The maximum absolute atomic E-state index is 13.5. The Labute approximate surface area is 116 Å². The quantitative estimate of drug-likeness (QED) is 0.886. The van der Waals surface area contributed by atoms with Crippen molar-refractivity contribution < 1.29 is 19.1 Å². The lowest BCUT2D eigenvalue weighted by Crippen LogP contribution is -2.61. The Kier molecular flexibility index (Phi) is 3.92. The standard InChI is InChI=1S/C14H17FN2O3/c1-17(9-10-5-2-3-6-11(10)15)13(20)16-14(12(18)19)7-4-8-14/h2-3,5-6H,4,7-9H2,1H3,(H,16,20)(H,18,19). The van der Waals surface area contributed by atoms with Crippen LogP contribution < -0.4 is 5.32 Å². The van der Waals surface area contributed by atoms with Gasteiger partial charge in [0.2, 0.25) is 0 Å². The number of carboxylic acids is 1. The third-order valence-electron chi connectivity index (χ3n) is 3.67. The monoisotopic (exact) mass is 280 g/mol. The van der Waals surface area contributed by atoms with E-state index in [1.807, 2.05) is 0 Å². The fourth-order valence-corrected chi connectivity index (χ4v) is 2.18. The first-order valence-electron chi connectivity index (χ1n) is 6.45. The van der Waals surface area contributed by atoms with Crippen molar-refractivity contribution in [3.8, 4) is 0 Å². The van der Waals surface area contributed by atoms with Gasteiger partial charge in [-0.05, 0) is 25.3 Å². The van der Waals surface area contributed by atoms with E-state index < -0.39 is 17.5 Å². The number of carbonyl (C=O) groups excluding carboxylic acids is 1. The van der Waals surface area contributed by atoms with Crippen LogP contribution in [0, 0.1) is 5.82 Å². The van der Waals surface area contributed by atoms with Crippen molar-refractivity contribution in [1.82, 2.24) is 10.2 Å². The molecule has 1 aromatic rings. The lowest BCUT2D eigenvalue weighted by molar-refractivity contribution is -0.148. The van der Waals surface area contributed by atoms with Gasteiger partial charge in [0.05, 0.1) is 0 Å². The third-order valence-corrected chi connectivity index (χ3v) is 3.67. The molecular formula is C14H17FN2O3. The van der Waals surface area contributed by atoms with E-state index >= 15 is 0 Å². The van der Waals surface area contributed by atoms with Gasteiger partial charge in [-0.1, -0.05) is 18.2 Å². The third kappa shape index (κ3) is 2.74. The Hall–Kier alpha value is -2.11. The molecule has 2 N–H and O–H groups in total. The van der Waals surface area contributed by atoms with Gasteiger partial charge in [0.15, 0.2) is 0 Å². The van der Waals surface area contributed by atoms with Crippen LogP contribution in [0.25, 0.3) is 0 Å². The number of carboxylic acid groups (broad SMARTS) is 1. The summed E-state index contributed by atoms with van der Waals surface area (Å²) >= 11 is 0. The van der Waals surface area contributed by atoms with Gasteiger partial charge in [0, 0.05) is 19.2 Å². The molecule has 108 valence electrons. The molecule has 0 aromatic heterocycles. The summed E-state index contributed by atoms with van der Waals surface area (Å²) < 4.78 is 13.5. The fourth-order valence-electron chi connectivity index (χ4n) is 2.18. The second kappa shape index (κ2) is 5.48. The minimum absolute atomic E-state index is 0.0915. The van der Waals surface area contributed by atoms with E-state index in [1.165, 1.54) is 18.0 Å². The number of amides is 2. The summed E-state index contributed by atoms with van der Waals surface area (Å²) in [5.74, 6) is -1.40. The Morgan fingerprint density at radius 3 is 2.55 bits per heavy atom. The molecular weight excluding hydrogens is 263 g/mol. The predicted octanol–water partition coefficient (Wildman–Crippen LogP) is 1.97. The average Bonchev–Trinajstić information content (AvgIpc) is 2.35. The summed E-state index contributed by atoms with van der Waals surface area (Å²) in [6, 6.07) is 5.68. The molecule has 0 spiro atoms. The highest BCUT2D eigenvalue weighted by Gasteiger charge is 2.46. The molecule has 0 bridgehead atoms. The highest BCUT2D eigenvalue weighted by molar-refractivity contribution is 5.87. The second-order valence-corrected chi connectivity index (χ2v) is 5.12. The normalized spacial score (nSPS) is 16.1. The van der Waals surface area contributed by atoms with E-state index in [4.69, 9.17) is 5.11 Å². The molecule has 0 heterocycles. The van der Waals surface area contributed by atoms with E-state index in [0.29, 0.717) is 18.4 Å². The van der Waals surface area contributed by atoms with Crippen molar-refractivity contribution >= 4 is 12.0 Å². The van der Waals surface area contributed by atoms with Crippen molar-refractivity contribution in [3.63, 3.8) is 0 Å². The zero-order chi connectivity index (χ0) is 14.8. The van der Waals surface area contributed by atoms with Crippen LogP contribution in [-0.2, 0) is 11.3 Å². The molecule has 0 radical (unpaired) electrons. The number of carbonyl (C=O) groups is 2. The summed E-state index contributed by atoms with van der Waals surface area (Å²) in [4.78, 5) is 24.5. The molecule has 1 aromatic carbocycles. The molecule has 2 rings (SSSR count). The lowest BCUT2D eigenvalue weighted by atomic mass is 9.77. The lowest BCUT2D eigenvalue weighted by Gasteiger charge is -2.39. The molecule has 1 aliphatic rings. The number of hydrogen-bond donors (Lipinski definition) is 2. The van der Waals surface area contributed by atoms with Gasteiger partial charge in [0.1, 0.15) is 11.4 Å². The van der Waals surface area contributed by atoms with Crippen molar-refractivity contribution in [2.75, 3.05) is 7.05 Å². The number of nitrogens with zero attached hydrogens (tertiary/aromatic N) is 1. The maximum atomic E-state index is 13.5. The molecule has 5 nitrogen and oxygen atoms in total. The molecule has 6 heteroatoms. The topological polar surface area (TPSA) is 69.6 Å². The van der Waals surface area contributed by atoms with Gasteiger partial charge in [0.25, 0.3) is 0 Å². The Bertz CT molecular complexity index is 529. The Balaban J connectivity index is 1.99. The van der Waals surface area contributed by atoms with E-state index in [9.17, 15) is 14.0 Å². The van der Waals surface area contributed by atoms with Crippen LogP contribution in [0.5, 0.6) is 0 Å². The summed E-state index contributed by atoms with van der Waals surface area (Å²) in [5.41, 5.74) is -0.760. The molecule has 0 atom stereocenters. The number of nitrogens with one attached hydrogen (secondary N) is 1. The van der Waals surface area contributed by atoms with Gasteiger partial charge >= 0.3 is 12.0 Å². The summed E-state index contributed by atoms with van der Waals surface area (Å²) in [7, 11) is 1.51. The molecule has 0 unspecified atom stereocenters. The molecule has 0 aliphatic heterocycles. The van der Waals surface area contributed by atoms with Gasteiger partial charge < -0.3 is 15.3 Å². The highest BCUT2D eigenvalue weighted by atomic mass is 19.1. The first-order chi connectivity index (χ1) is 9.44. The smallest absolute Gasteiger partial charge is 0.329 e. The number of hydrogen-bond acceptors (Lipinski definition) is 2. The first kappa shape index (κ1) is 14.3. The van der Waals surface area contributed by atoms with E-state index in [-0.39, 0.29) is 12.4 Å². The molecule has 20 heavy (non-hydrogen) atoms. The number of benzene rings is 1. The number of rotatable bonds is 4. The van der Waals surface area contributed by atoms with Crippen LogP contribution in [0.4, 0.5) is 9.18 Å². The minimum Gasteiger partial charge on any atom is -0.480 e. The molecule has 1 fully saturated rings. The van der Waals surface area contributed by atoms with E-state index in [0.717, 1.165) is 6.42 Å². The zero-order valence-electron chi connectivity index (χ0n) is 11.2. The second-order valence-electron chi connectivity index (χ2n) is 5.12. The van der Waals surface area contributed by atoms with Gasteiger partial charge in [-0.15, -0.1) is 0 Å². The first-order valence-corrected chi connectivity index (χ1v) is 6.45. The highest BCUT2D eigenvalue weighted by Crippen LogP contribution is 2.32. The Morgan fingerprint density at radius 1 is 1.40 bits per heavy atom. The fraction of sp³-hybridized carbons (Fsp3) is 0.429. The van der Waals surface area contributed by atoms with Gasteiger partial charge in [-0.3, -0.25) is 0 Å². The summed E-state index contributed by atoms with van der Waals surface area (Å²) in [5, 5.41) is 11.7. The minimum atomic E-state index is -1.15. The summed E-state index contributed by atoms with van der Waals surface area (Å²) in [6.07, 6.45) is 1.65. The van der Waals surface area contributed by atoms with Crippen LogP contribution in [0.1, 0.15) is 24.8 Å². The van der Waals surface area contributed by atoms with Crippen LogP contribution >= 0.6 is 0 Å². The number of aliphatic carboxylic acids is 1. The number of halogens is 1. The van der Waals surface area contributed by atoms with E-state index in [1.54, 1.807) is 18.2 Å². The van der Waals surface area contributed by atoms with Crippen LogP contribution in [0.2, 0.25) is 0 Å². The van der Waals surface area contributed by atoms with Crippen molar-refractivity contribution in [3.05, 3.63) is 35.6 Å². The van der Waals surface area contributed by atoms with Crippen molar-refractivity contribution in [2.45, 2.75) is 31.3 Å². The zero-order valence-corrected chi connectivity index (χ0v) is 11.2. The van der Waals surface area contributed by atoms with E-state index in [2.05, 4.69) is 5.32 Å². The van der Waals surface area contributed by atoms with Crippen molar-refractivity contribution in [1.29, 1.82) is 0 Å². The molecule has 2 amide bonds. The van der Waals surface area contributed by atoms with Crippen LogP contribution in [0.15, 0.2) is 24.3 Å². The van der Waals surface area contributed by atoms with Crippen LogP contribution in [0.3, 0.4) is 0 Å². The molecule has 0 saturated heterocycles. The SMILES string of the molecule is CN(Cc1ccccc1F)C(=O)NC1(C(=O)O)CCC1. The molecule has 1 aliphatic carbocycles. The van der Waals surface area contributed by atoms with Crippen molar-refractivity contribution in [2.24, 2.45) is 0 Å². The average molecular weight is 280 g/mol. The maximum Gasteiger partial charge on any atom is 0.329 e. The Morgan fingerprint density at radius 2 is 2.05 bits per heavy atom. The van der Waals surface area contributed by atoms with Crippen LogP contribution in [-0.4, -0.2) is 34.6 Å². The number of urea groups is 1. The van der Waals surface area contributed by atoms with Gasteiger partial charge in [-0.2, -0.15) is 0 Å². The molecule has 1 saturated carbocycles. The summed E-state index contributed by atoms with van der Waals surface area (Å²) in [6.45, 7) is 0.0915. The van der Waals surface area contributed by atoms with Gasteiger partial charge in [-0.25, -0.2) is 14.0 Å².